The van der Waals surface area contributed by atoms with Gasteiger partial charge in [-0.2, -0.15) is 0 Å². The molecule has 3 nitrogen and oxygen atoms in total. The Balaban J connectivity index is 2.50. The van der Waals surface area contributed by atoms with Crippen LogP contribution in [0.1, 0.15) is 18.9 Å². The minimum absolute atomic E-state index is 0.334. The average Bonchev–Trinajstić information content (AvgIpc) is 2.27. The molecule has 0 amide bonds. The van der Waals surface area contributed by atoms with E-state index in [9.17, 15) is 5.11 Å². The van der Waals surface area contributed by atoms with Gasteiger partial charge >= 0.3 is 0 Å². The first-order valence-corrected chi connectivity index (χ1v) is 6.28. The second-order valence-corrected chi connectivity index (χ2v) is 4.70. The van der Waals surface area contributed by atoms with Gasteiger partial charge < -0.3 is 15.3 Å². The van der Waals surface area contributed by atoms with E-state index in [1.54, 1.807) is 0 Å². The van der Waals surface area contributed by atoms with Crippen LogP contribution in [0.15, 0.2) is 24.3 Å². The number of rotatable bonds is 7. The third-order valence-electron chi connectivity index (χ3n) is 2.64. The molecule has 1 rings (SSSR count). The van der Waals surface area contributed by atoms with E-state index in [-0.39, 0.29) is 6.10 Å². The molecule has 1 atom stereocenters. The van der Waals surface area contributed by atoms with Gasteiger partial charge in [-0.15, -0.1) is 0 Å². The van der Waals surface area contributed by atoms with Crippen molar-refractivity contribution in [3.63, 3.8) is 0 Å². The zero-order valence-corrected chi connectivity index (χ0v) is 11.1. The number of benzene rings is 1. The van der Waals surface area contributed by atoms with Crippen LogP contribution in [0.3, 0.4) is 0 Å². The summed E-state index contributed by atoms with van der Waals surface area (Å²) in [6.07, 6.45) is 1.88. The van der Waals surface area contributed by atoms with Gasteiger partial charge in [0.2, 0.25) is 0 Å². The van der Waals surface area contributed by atoms with Crippen LogP contribution in [0, 0.1) is 0 Å². The highest BCUT2D eigenvalue weighted by Crippen LogP contribution is 2.16. The summed E-state index contributed by atoms with van der Waals surface area (Å²) in [6, 6.07) is 8.31. The molecule has 0 aliphatic heterocycles. The van der Waals surface area contributed by atoms with Crippen LogP contribution in [0.25, 0.3) is 0 Å². The number of hydrogen-bond acceptors (Lipinski definition) is 3. The minimum Gasteiger partial charge on any atom is -0.390 e. The molecule has 0 fully saturated rings. The number of para-hydroxylation sites is 1. The van der Waals surface area contributed by atoms with Crippen LogP contribution >= 0.6 is 0 Å². The molecular weight excluding hydrogens is 212 g/mol. The monoisotopic (exact) mass is 236 g/mol. The first kappa shape index (κ1) is 14.0. The van der Waals surface area contributed by atoms with Crippen molar-refractivity contribution >= 4 is 5.69 Å². The summed E-state index contributed by atoms with van der Waals surface area (Å²) in [5.41, 5.74) is 2.47. The third-order valence-corrected chi connectivity index (χ3v) is 2.64. The largest absolute Gasteiger partial charge is 0.390 e. The number of aryl methyl sites for hydroxylation is 1. The Hall–Kier alpha value is -1.06. The zero-order chi connectivity index (χ0) is 12.7. The lowest BCUT2D eigenvalue weighted by Crippen LogP contribution is -2.31. The van der Waals surface area contributed by atoms with Gasteiger partial charge in [-0.05, 0) is 32.1 Å². The Labute approximate surface area is 104 Å². The summed E-state index contributed by atoms with van der Waals surface area (Å²) in [4.78, 5) is 1.99. The van der Waals surface area contributed by atoms with E-state index in [0.717, 1.165) is 18.5 Å². The van der Waals surface area contributed by atoms with Crippen molar-refractivity contribution in [2.24, 2.45) is 0 Å². The standard InChI is InChI=1S/C14H24N2O/c1-4-7-12-8-5-6-9-14(12)15-10-13(17)11-16(2)3/h5-6,8-9,13,15,17H,4,7,10-11H2,1-3H3. The molecule has 1 aromatic rings. The number of nitrogens with zero attached hydrogens (tertiary/aromatic N) is 1. The molecule has 0 bridgehead atoms. The van der Waals surface area contributed by atoms with Crippen molar-refractivity contribution in [3.8, 4) is 0 Å². The van der Waals surface area contributed by atoms with Crippen molar-refractivity contribution in [2.75, 3.05) is 32.5 Å². The maximum atomic E-state index is 9.80. The number of nitrogens with one attached hydrogen (secondary N) is 1. The fraction of sp³-hybridized carbons (Fsp3) is 0.571. The molecule has 1 aromatic carbocycles. The molecule has 2 N–H and O–H groups in total. The highest BCUT2D eigenvalue weighted by molar-refractivity contribution is 5.51. The summed E-state index contributed by atoms with van der Waals surface area (Å²) in [6.45, 7) is 3.46. The molecule has 3 heteroatoms. The Bertz CT molecular complexity index is 326. The second-order valence-electron chi connectivity index (χ2n) is 4.70. The van der Waals surface area contributed by atoms with Crippen molar-refractivity contribution in [2.45, 2.75) is 25.9 Å². The van der Waals surface area contributed by atoms with E-state index in [0.29, 0.717) is 13.1 Å². The summed E-state index contributed by atoms with van der Waals surface area (Å²) in [5, 5.41) is 13.1. The summed E-state index contributed by atoms with van der Waals surface area (Å²) in [5.74, 6) is 0. The molecule has 0 heterocycles. The molecule has 0 saturated heterocycles. The molecular formula is C14H24N2O. The lowest BCUT2D eigenvalue weighted by Gasteiger charge is -2.18. The van der Waals surface area contributed by atoms with Crippen LogP contribution in [0.4, 0.5) is 5.69 Å². The summed E-state index contributed by atoms with van der Waals surface area (Å²) in [7, 11) is 3.93. The molecule has 0 radical (unpaired) electrons. The van der Waals surface area contributed by atoms with Crippen LogP contribution in [0.2, 0.25) is 0 Å². The highest BCUT2D eigenvalue weighted by atomic mass is 16.3. The molecule has 0 aliphatic carbocycles. The molecule has 17 heavy (non-hydrogen) atoms. The first-order valence-electron chi connectivity index (χ1n) is 6.28. The SMILES string of the molecule is CCCc1ccccc1NCC(O)CN(C)C. The minimum atomic E-state index is -0.334. The summed E-state index contributed by atoms with van der Waals surface area (Å²) < 4.78 is 0. The fourth-order valence-corrected chi connectivity index (χ4v) is 1.89. The Morgan fingerprint density at radius 3 is 2.65 bits per heavy atom. The highest BCUT2D eigenvalue weighted by Gasteiger charge is 2.06. The number of aliphatic hydroxyl groups is 1. The quantitative estimate of drug-likeness (QED) is 0.760. The van der Waals surface area contributed by atoms with Crippen molar-refractivity contribution in [3.05, 3.63) is 29.8 Å². The molecule has 0 spiro atoms. The van der Waals surface area contributed by atoms with Crippen LogP contribution < -0.4 is 5.32 Å². The first-order chi connectivity index (χ1) is 8.13. The van der Waals surface area contributed by atoms with E-state index < -0.39 is 0 Å². The van der Waals surface area contributed by atoms with Gasteiger partial charge in [0.15, 0.2) is 0 Å². The van der Waals surface area contributed by atoms with Crippen molar-refractivity contribution in [1.82, 2.24) is 4.90 Å². The lowest BCUT2D eigenvalue weighted by atomic mass is 10.1. The van der Waals surface area contributed by atoms with Gasteiger partial charge in [-0.25, -0.2) is 0 Å². The van der Waals surface area contributed by atoms with Crippen molar-refractivity contribution in [1.29, 1.82) is 0 Å². The number of likely N-dealkylation sites (N-methyl/N-ethyl adjacent to an activating group) is 1. The summed E-state index contributed by atoms with van der Waals surface area (Å²) >= 11 is 0. The van der Waals surface area contributed by atoms with E-state index in [1.165, 1.54) is 5.56 Å². The molecule has 1 unspecified atom stereocenters. The van der Waals surface area contributed by atoms with Crippen LogP contribution in [0.5, 0.6) is 0 Å². The van der Waals surface area contributed by atoms with Gasteiger partial charge in [0.05, 0.1) is 6.10 Å². The van der Waals surface area contributed by atoms with Gasteiger partial charge in [0.1, 0.15) is 0 Å². The topological polar surface area (TPSA) is 35.5 Å². The maximum Gasteiger partial charge on any atom is 0.0838 e. The zero-order valence-electron chi connectivity index (χ0n) is 11.1. The van der Waals surface area contributed by atoms with Gasteiger partial charge in [-0.1, -0.05) is 31.5 Å². The van der Waals surface area contributed by atoms with E-state index in [4.69, 9.17) is 0 Å². The van der Waals surface area contributed by atoms with Gasteiger partial charge in [0, 0.05) is 18.8 Å². The Morgan fingerprint density at radius 2 is 2.00 bits per heavy atom. The van der Waals surface area contributed by atoms with E-state index in [2.05, 4.69) is 30.4 Å². The Kier molecular flexibility index (Phi) is 6.01. The predicted octanol–water partition coefficient (Wildman–Crippen LogP) is 1.97. The maximum absolute atomic E-state index is 9.80. The fourth-order valence-electron chi connectivity index (χ4n) is 1.89. The normalized spacial score (nSPS) is 12.8. The lowest BCUT2D eigenvalue weighted by molar-refractivity contribution is 0.148. The average molecular weight is 236 g/mol. The van der Waals surface area contributed by atoms with Crippen LogP contribution in [-0.4, -0.2) is 43.3 Å². The van der Waals surface area contributed by atoms with E-state index in [1.807, 2.05) is 25.1 Å². The van der Waals surface area contributed by atoms with Crippen molar-refractivity contribution < 1.29 is 5.11 Å². The number of aliphatic hydroxyl groups excluding tert-OH is 1. The third kappa shape index (κ3) is 5.20. The number of anilines is 1. The molecule has 0 saturated carbocycles. The molecule has 0 aliphatic rings. The van der Waals surface area contributed by atoms with E-state index >= 15 is 0 Å². The van der Waals surface area contributed by atoms with Crippen LogP contribution in [-0.2, 0) is 6.42 Å². The van der Waals surface area contributed by atoms with Gasteiger partial charge in [-0.3, -0.25) is 0 Å². The van der Waals surface area contributed by atoms with Gasteiger partial charge in [0.25, 0.3) is 0 Å². The second kappa shape index (κ2) is 7.30. The molecule has 0 aromatic heterocycles. The molecule has 96 valence electrons. The smallest absolute Gasteiger partial charge is 0.0838 e. The predicted molar refractivity (Wildman–Crippen MR) is 73.5 cm³/mol. The number of hydrogen-bond donors (Lipinski definition) is 2. The Morgan fingerprint density at radius 1 is 1.29 bits per heavy atom.